The van der Waals surface area contributed by atoms with Gasteiger partial charge in [-0.05, 0) is 44.0 Å². The summed E-state index contributed by atoms with van der Waals surface area (Å²) >= 11 is 0. The van der Waals surface area contributed by atoms with E-state index in [0.717, 1.165) is 30.2 Å². The number of carbonyl (C=O) groups excluding carboxylic acids is 1. The topological polar surface area (TPSA) is 85.4 Å². The fourth-order valence-electron chi connectivity index (χ4n) is 3.77. The molecule has 0 amide bonds. The van der Waals surface area contributed by atoms with Crippen molar-refractivity contribution in [3.8, 4) is 11.5 Å². The molecule has 8 heteroatoms. The summed E-state index contributed by atoms with van der Waals surface area (Å²) in [5.74, 6) is 2.18. The second-order valence-electron chi connectivity index (χ2n) is 8.31. The van der Waals surface area contributed by atoms with Crippen molar-refractivity contribution in [3.63, 3.8) is 0 Å². The molecular weight excluding hydrogens is 435 g/mol. The lowest BCUT2D eigenvalue weighted by molar-refractivity contribution is -0.117. The third-order valence-electron chi connectivity index (χ3n) is 5.68. The molecule has 3 aromatic rings. The summed E-state index contributed by atoms with van der Waals surface area (Å²) in [6.45, 7) is 4.16. The van der Waals surface area contributed by atoms with Crippen molar-refractivity contribution in [3.05, 3.63) is 47.8 Å². The monoisotopic (exact) mass is 468 g/mol. The van der Waals surface area contributed by atoms with Gasteiger partial charge in [0.25, 0.3) is 0 Å². The third-order valence-corrected chi connectivity index (χ3v) is 5.68. The lowest BCUT2D eigenvalue weighted by atomic mass is 10.0. The van der Waals surface area contributed by atoms with Gasteiger partial charge in [0.15, 0.2) is 0 Å². The summed E-state index contributed by atoms with van der Waals surface area (Å²) < 4.78 is 24.7. The molecule has 2 aromatic carbocycles. The number of anilines is 2. The van der Waals surface area contributed by atoms with Crippen molar-refractivity contribution in [1.29, 1.82) is 0 Å². The Bertz CT molecular complexity index is 1120. The van der Waals surface area contributed by atoms with Crippen molar-refractivity contribution in [2.75, 3.05) is 24.9 Å². The number of rotatable bonds is 13. The van der Waals surface area contributed by atoms with E-state index in [1.807, 2.05) is 18.2 Å². The van der Waals surface area contributed by atoms with E-state index < -0.39 is 0 Å². The van der Waals surface area contributed by atoms with Crippen LogP contribution < -0.4 is 20.1 Å². The molecule has 0 saturated carbocycles. The Hall–Kier alpha value is -3.42. The van der Waals surface area contributed by atoms with Gasteiger partial charge in [-0.15, -0.1) is 0 Å². The van der Waals surface area contributed by atoms with Crippen molar-refractivity contribution >= 4 is 28.5 Å². The maximum Gasteiger partial charge on any atom is 0.225 e. The van der Waals surface area contributed by atoms with Crippen LogP contribution in [0, 0.1) is 5.82 Å². The smallest absolute Gasteiger partial charge is 0.225 e. The number of aromatic nitrogens is 2. The van der Waals surface area contributed by atoms with Crippen molar-refractivity contribution in [1.82, 2.24) is 9.97 Å². The highest BCUT2D eigenvalue weighted by Crippen LogP contribution is 2.27. The fraction of sp³-hybridized carbons (Fsp3) is 0.423. The highest BCUT2D eigenvalue weighted by atomic mass is 19.1. The Labute approximate surface area is 200 Å². The molecule has 0 aliphatic carbocycles. The van der Waals surface area contributed by atoms with Crippen molar-refractivity contribution in [2.45, 2.75) is 58.5 Å². The molecule has 1 atom stereocenters. The summed E-state index contributed by atoms with van der Waals surface area (Å²) in [7, 11) is 3.21. The second kappa shape index (κ2) is 12.2. The Morgan fingerprint density at radius 1 is 1.09 bits per heavy atom. The number of Topliss-reactive ketones (excluding diaryl/α,β-unsaturated/α-hetero) is 1. The number of nitrogens with zero attached hydrogens (tertiary/aromatic N) is 2. The van der Waals surface area contributed by atoms with Crippen LogP contribution in [-0.4, -0.2) is 36.0 Å². The van der Waals surface area contributed by atoms with Crippen molar-refractivity contribution < 1.29 is 18.7 Å². The van der Waals surface area contributed by atoms with Gasteiger partial charge in [-0.2, -0.15) is 4.98 Å². The van der Waals surface area contributed by atoms with E-state index in [9.17, 15) is 9.18 Å². The largest absolute Gasteiger partial charge is 0.497 e. The van der Waals surface area contributed by atoms with Crippen LogP contribution in [0.1, 0.15) is 51.5 Å². The molecule has 0 bridgehead atoms. The number of carbonyl (C=O) groups is 1. The number of nitrogens with one attached hydrogen (secondary N) is 2. The molecule has 0 saturated heterocycles. The van der Waals surface area contributed by atoms with Gasteiger partial charge in [0.1, 0.15) is 28.9 Å². The summed E-state index contributed by atoms with van der Waals surface area (Å²) in [4.78, 5) is 20.8. The zero-order valence-electron chi connectivity index (χ0n) is 20.3. The van der Waals surface area contributed by atoms with Crippen LogP contribution >= 0.6 is 0 Å². The molecule has 1 aromatic heterocycles. The van der Waals surface area contributed by atoms with Crippen LogP contribution in [-0.2, 0) is 11.3 Å². The third kappa shape index (κ3) is 6.79. The quantitative estimate of drug-likeness (QED) is 0.331. The van der Waals surface area contributed by atoms with Crippen molar-refractivity contribution in [2.24, 2.45) is 0 Å². The minimum Gasteiger partial charge on any atom is -0.497 e. The van der Waals surface area contributed by atoms with Gasteiger partial charge in [0, 0.05) is 42.1 Å². The molecule has 2 N–H and O–H groups in total. The molecule has 0 fully saturated rings. The molecular formula is C26H33FN4O3. The summed E-state index contributed by atoms with van der Waals surface area (Å²) in [6.07, 6.45) is 4.23. The zero-order valence-corrected chi connectivity index (χ0v) is 20.3. The summed E-state index contributed by atoms with van der Waals surface area (Å²) in [6, 6.07) is 10.2. The van der Waals surface area contributed by atoms with Crippen LogP contribution in [0.5, 0.6) is 11.5 Å². The number of unbranched alkanes of at least 4 members (excludes halogenated alkanes) is 1. The van der Waals surface area contributed by atoms with Gasteiger partial charge in [-0.1, -0.05) is 19.8 Å². The summed E-state index contributed by atoms with van der Waals surface area (Å²) in [5, 5.41) is 7.47. The number of hydrogen-bond acceptors (Lipinski definition) is 7. The van der Waals surface area contributed by atoms with Gasteiger partial charge >= 0.3 is 0 Å². The minimum atomic E-state index is -0.362. The van der Waals surface area contributed by atoms with E-state index in [0.29, 0.717) is 48.2 Å². The molecule has 0 unspecified atom stereocenters. The highest BCUT2D eigenvalue weighted by Gasteiger charge is 2.15. The Kier molecular flexibility index (Phi) is 9.01. The number of fused-ring (bicyclic) bond motifs is 1. The number of ketones is 1. The van der Waals surface area contributed by atoms with Crippen LogP contribution in [0.25, 0.3) is 10.9 Å². The van der Waals surface area contributed by atoms with E-state index in [-0.39, 0.29) is 17.6 Å². The standard InChI is InChI=1S/C26H33FN4O3/c1-5-6-7-20(11-8-17(2)32)29-25-22-13-10-19(27)14-23(22)30-26(31-25)28-16-18-9-12-21(33-3)15-24(18)34-4/h9-10,12-15,20H,5-8,11,16H2,1-4H3,(H2,28,29,30,31)/t20-/m1/s1. The number of ether oxygens (including phenoxy) is 2. The fourth-order valence-corrected chi connectivity index (χ4v) is 3.77. The van der Waals surface area contributed by atoms with E-state index in [1.165, 1.54) is 12.1 Å². The average Bonchev–Trinajstić information content (AvgIpc) is 2.83. The lowest BCUT2D eigenvalue weighted by Crippen LogP contribution is -2.22. The summed E-state index contributed by atoms with van der Waals surface area (Å²) in [5.41, 5.74) is 1.41. The van der Waals surface area contributed by atoms with Gasteiger partial charge in [-0.3, -0.25) is 0 Å². The number of benzene rings is 2. The Balaban J connectivity index is 1.88. The first-order valence-electron chi connectivity index (χ1n) is 11.6. The Morgan fingerprint density at radius 2 is 1.91 bits per heavy atom. The average molecular weight is 469 g/mol. The second-order valence-corrected chi connectivity index (χ2v) is 8.31. The maximum atomic E-state index is 14.0. The van der Waals surface area contributed by atoms with Gasteiger partial charge in [0.05, 0.1) is 19.7 Å². The van der Waals surface area contributed by atoms with E-state index in [1.54, 1.807) is 27.2 Å². The first-order chi connectivity index (χ1) is 16.4. The lowest BCUT2D eigenvalue weighted by Gasteiger charge is -2.20. The molecule has 0 aliphatic heterocycles. The van der Waals surface area contributed by atoms with Gasteiger partial charge < -0.3 is 24.9 Å². The molecule has 0 aliphatic rings. The minimum absolute atomic E-state index is 0.0848. The zero-order chi connectivity index (χ0) is 24.5. The predicted octanol–water partition coefficient (Wildman–Crippen LogP) is 5.74. The molecule has 1 heterocycles. The predicted molar refractivity (Wildman–Crippen MR) is 133 cm³/mol. The molecule has 182 valence electrons. The SMILES string of the molecule is CCCC[C@H](CCC(C)=O)Nc1nc(NCc2ccc(OC)cc2OC)nc2cc(F)ccc12. The van der Waals surface area contributed by atoms with E-state index in [4.69, 9.17) is 14.5 Å². The van der Waals surface area contributed by atoms with Crippen LogP contribution in [0.15, 0.2) is 36.4 Å². The van der Waals surface area contributed by atoms with E-state index >= 15 is 0 Å². The molecule has 7 nitrogen and oxygen atoms in total. The Morgan fingerprint density at radius 3 is 2.62 bits per heavy atom. The number of hydrogen-bond donors (Lipinski definition) is 2. The molecule has 3 rings (SSSR count). The van der Waals surface area contributed by atoms with Gasteiger partial charge in [-0.25, -0.2) is 9.37 Å². The first-order valence-corrected chi connectivity index (χ1v) is 11.6. The van der Waals surface area contributed by atoms with E-state index in [2.05, 4.69) is 22.5 Å². The van der Waals surface area contributed by atoms with Crippen LogP contribution in [0.2, 0.25) is 0 Å². The molecule has 0 radical (unpaired) electrons. The first kappa shape index (κ1) is 25.2. The normalized spacial score (nSPS) is 11.8. The van der Waals surface area contributed by atoms with Gasteiger partial charge in [0.2, 0.25) is 5.95 Å². The van der Waals surface area contributed by atoms with Crippen LogP contribution in [0.3, 0.4) is 0 Å². The highest BCUT2D eigenvalue weighted by molar-refractivity contribution is 5.90. The molecule has 0 spiro atoms. The maximum absolute atomic E-state index is 14.0. The van der Waals surface area contributed by atoms with Crippen LogP contribution in [0.4, 0.5) is 16.2 Å². The number of halogens is 1. The number of methoxy groups -OCH3 is 2. The molecule has 34 heavy (non-hydrogen) atoms.